The number of nitrogens with zero attached hydrogens (tertiary/aromatic N) is 2. The molecule has 0 N–H and O–H groups in total. The Labute approximate surface area is 194 Å². The number of hydrogen-bond donors (Lipinski definition) is 0. The number of aryl methyl sites for hydroxylation is 1. The van der Waals surface area contributed by atoms with Gasteiger partial charge in [0.2, 0.25) is 0 Å². The van der Waals surface area contributed by atoms with Crippen LogP contribution in [-0.2, 0) is 6.61 Å². The van der Waals surface area contributed by atoms with Gasteiger partial charge < -0.3 is 4.74 Å². The fourth-order valence-electron chi connectivity index (χ4n) is 3.70. The fraction of sp³-hybridized carbons (Fsp3) is 0.0667. The molecule has 3 heteroatoms. The molecule has 0 fully saturated rings. The van der Waals surface area contributed by atoms with Crippen LogP contribution < -0.4 is 4.74 Å². The molecule has 2 heterocycles. The third kappa shape index (κ3) is 4.99. The summed E-state index contributed by atoms with van der Waals surface area (Å²) < 4.78 is 5.96. The van der Waals surface area contributed by atoms with E-state index in [0.717, 1.165) is 45.1 Å². The zero-order chi connectivity index (χ0) is 22.5. The highest BCUT2D eigenvalue weighted by Crippen LogP contribution is 2.30. The lowest BCUT2D eigenvalue weighted by Crippen LogP contribution is -1.95. The first-order chi connectivity index (χ1) is 16.2. The first kappa shape index (κ1) is 20.7. The van der Waals surface area contributed by atoms with E-state index in [1.165, 1.54) is 5.56 Å². The van der Waals surface area contributed by atoms with Gasteiger partial charge in [-0.25, -0.2) is 4.98 Å². The first-order valence-corrected chi connectivity index (χ1v) is 11.0. The maximum atomic E-state index is 5.96. The predicted octanol–water partition coefficient (Wildman–Crippen LogP) is 7.37. The monoisotopic (exact) mass is 428 g/mol. The van der Waals surface area contributed by atoms with Gasteiger partial charge in [-0.05, 0) is 60.0 Å². The molecule has 0 amide bonds. The Morgan fingerprint density at radius 2 is 1.30 bits per heavy atom. The number of rotatable bonds is 6. The summed E-state index contributed by atoms with van der Waals surface area (Å²) in [5.41, 5.74) is 8.30. The van der Waals surface area contributed by atoms with Crippen molar-refractivity contribution < 1.29 is 4.74 Å². The van der Waals surface area contributed by atoms with E-state index >= 15 is 0 Å². The van der Waals surface area contributed by atoms with Crippen molar-refractivity contribution in [1.29, 1.82) is 0 Å². The molecule has 0 aliphatic rings. The summed E-state index contributed by atoms with van der Waals surface area (Å²) in [6.45, 7) is 2.64. The summed E-state index contributed by atoms with van der Waals surface area (Å²) in [5.74, 6) is 0.848. The lowest BCUT2D eigenvalue weighted by Gasteiger charge is -2.11. The molecule has 5 rings (SSSR count). The topological polar surface area (TPSA) is 35.0 Å². The van der Waals surface area contributed by atoms with E-state index in [2.05, 4.69) is 72.6 Å². The van der Waals surface area contributed by atoms with Gasteiger partial charge >= 0.3 is 0 Å². The molecule has 2 aromatic heterocycles. The van der Waals surface area contributed by atoms with E-state index in [1.807, 2.05) is 48.5 Å². The van der Waals surface area contributed by atoms with Crippen LogP contribution in [0.25, 0.3) is 33.8 Å². The Morgan fingerprint density at radius 3 is 2.03 bits per heavy atom. The van der Waals surface area contributed by atoms with Crippen LogP contribution >= 0.6 is 0 Å². The highest BCUT2D eigenvalue weighted by atomic mass is 16.5. The van der Waals surface area contributed by atoms with Gasteiger partial charge in [-0.1, -0.05) is 78.4 Å². The van der Waals surface area contributed by atoms with E-state index in [4.69, 9.17) is 9.72 Å². The molecular formula is C30H24N2O. The molecular weight excluding hydrogens is 404 g/mol. The number of aromatic nitrogens is 2. The Bertz CT molecular complexity index is 1330. The zero-order valence-electron chi connectivity index (χ0n) is 18.5. The molecule has 3 aromatic carbocycles. The lowest BCUT2D eigenvalue weighted by molar-refractivity contribution is 0.306. The third-order valence-corrected chi connectivity index (χ3v) is 5.54. The Kier molecular flexibility index (Phi) is 5.94. The average Bonchev–Trinajstić information content (AvgIpc) is 2.89. The predicted molar refractivity (Wildman–Crippen MR) is 134 cm³/mol. The van der Waals surface area contributed by atoms with Crippen LogP contribution in [0.4, 0.5) is 0 Å². The van der Waals surface area contributed by atoms with Crippen molar-refractivity contribution in [3.63, 3.8) is 0 Å². The third-order valence-electron chi connectivity index (χ3n) is 5.54. The highest BCUT2D eigenvalue weighted by molar-refractivity contribution is 5.76. The van der Waals surface area contributed by atoms with Crippen molar-refractivity contribution in [3.05, 3.63) is 127 Å². The maximum Gasteiger partial charge on any atom is 0.119 e. The van der Waals surface area contributed by atoms with Crippen LogP contribution in [0.15, 0.2) is 115 Å². The molecule has 3 nitrogen and oxygen atoms in total. The highest BCUT2D eigenvalue weighted by Gasteiger charge is 2.10. The molecule has 0 aliphatic carbocycles. The van der Waals surface area contributed by atoms with Gasteiger partial charge in [0.05, 0.1) is 17.1 Å². The summed E-state index contributed by atoms with van der Waals surface area (Å²) >= 11 is 0. The minimum Gasteiger partial charge on any atom is -0.489 e. The van der Waals surface area contributed by atoms with Crippen LogP contribution in [0.3, 0.4) is 0 Å². The van der Waals surface area contributed by atoms with Crippen LogP contribution in [-0.4, -0.2) is 9.97 Å². The smallest absolute Gasteiger partial charge is 0.119 e. The van der Waals surface area contributed by atoms with Gasteiger partial charge in [-0.3, -0.25) is 4.98 Å². The molecule has 0 unspecified atom stereocenters. The molecule has 0 bridgehead atoms. The van der Waals surface area contributed by atoms with Gasteiger partial charge in [0.1, 0.15) is 12.4 Å². The first-order valence-electron chi connectivity index (χ1n) is 11.0. The van der Waals surface area contributed by atoms with Crippen molar-refractivity contribution in [3.8, 4) is 39.5 Å². The van der Waals surface area contributed by atoms with Crippen LogP contribution in [0.5, 0.6) is 5.75 Å². The largest absolute Gasteiger partial charge is 0.489 e. The molecule has 0 saturated heterocycles. The normalized spacial score (nSPS) is 10.7. The molecule has 160 valence electrons. The van der Waals surface area contributed by atoms with E-state index in [9.17, 15) is 0 Å². The van der Waals surface area contributed by atoms with Gasteiger partial charge in [0, 0.05) is 11.8 Å². The van der Waals surface area contributed by atoms with Crippen molar-refractivity contribution in [2.75, 3.05) is 0 Å². The summed E-state index contributed by atoms with van der Waals surface area (Å²) in [6, 6.07) is 37.0. The average molecular weight is 429 g/mol. The maximum absolute atomic E-state index is 5.96. The molecule has 0 spiro atoms. The van der Waals surface area contributed by atoms with E-state index in [-0.39, 0.29) is 0 Å². The van der Waals surface area contributed by atoms with Crippen molar-refractivity contribution in [1.82, 2.24) is 9.97 Å². The summed E-state index contributed by atoms with van der Waals surface area (Å²) in [4.78, 5) is 9.44. The van der Waals surface area contributed by atoms with Crippen molar-refractivity contribution in [2.24, 2.45) is 0 Å². The summed E-state index contributed by atoms with van der Waals surface area (Å²) in [7, 11) is 0. The van der Waals surface area contributed by atoms with Gasteiger partial charge in [0.15, 0.2) is 0 Å². The second kappa shape index (κ2) is 9.49. The number of benzene rings is 3. The van der Waals surface area contributed by atoms with Crippen LogP contribution in [0.2, 0.25) is 0 Å². The van der Waals surface area contributed by atoms with Crippen molar-refractivity contribution in [2.45, 2.75) is 13.5 Å². The van der Waals surface area contributed by atoms with Crippen molar-refractivity contribution >= 4 is 0 Å². The molecule has 0 radical (unpaired) electrons. The molecule has 33 heavy (non-hydrogen) atoms. The lowest BCUT2D eigenvalue weighted by atomic mass is 10.0. The summed E-state index contributed by atoms with van der Waals surface area (Å²) in [5, 5.41) is 0. The number of hydrogen-bond acceptors (Lipinski definition) is 3. The molecule has 0 saturated carbocycles. The van der Waals surface area contributed by atoms with Crippen LogP contribution in [0, 0.1) is 6.92 Å². The summed E-state index contributed by atoms with van der Waals surface area (Å²) in [6.07, 6.45) is 1.80. The Hall–Kier alpha value is -4.24. The quantitative estimate of drug-likeness (QED) is 0.283. The Morgan fingerprint density at radius 1 is 0.606 bits per heavy atom. The zero-order valence-corrected chi connectivity index (χ0v) is 18.5. The SMILES string of the molecule is Cc1ccc(-c2cc(-c3ccc(OCc4ccccc4)cc3)cc(-c3ccccn3)n2)cc1. The van der Waals surface area contributed by atoms with E-state index in [0.29, 0.717) is 6.61 Å². The van der Waals surface area contributed by atoms with Crippen LogP contribution in [0.1, 0.15) is 11.1 Å². The standard InChI is InChI=1S/C30H24N2O/c1-22-10-12-25(13-11-22)29-19-26(20-30(32-29)28-9-5-6-18-31-28)24-14-16-27(17-15-24)33-21-23-7-3-2-4-8-23/h2-20H,21H2,1H3. The van der Waals surface area contributed by atoms with Gasteiger partial charge in [-0.15, -0.1) is 0 Å². The number of ether oxygens (including phenoxy) is 1. The number of pyridine rings is 2. The van der Waals surface area contributed by atoms with E-state index < -0.39 is 0 Å². The van der Waals surface area contributed by atoms with Gasteiger partial charge in [-0.2, -0.15) is 0 Å². The molecule has 0 atom stereocenters. The fourth-order valence-corrected chi connectivity index (χ4v) is 3.70. The second-order valence-corrected chi connectivity index (χ2v) is 8.01. The minimum absolute atomic E-state index is 0.552. The second-order valence-electron chi connectivity index (χ2n) is 8.01. The Balaban J connectivity index is 1.47. The molecule has 5 aromatic rings. The van der Waals surface area contributed by atoms with E-state index in [1.54, 1.807) is 6.20 Å². The molecule has 0 aliphatic heterocycles. The van der Waals surface area contributed by atoms with Gasteiger partial charge in [0.25, 0.3) is 0 Å². The minimum atomic E-state index is 0.552.